The zero-order valence-electron chi connectivity index (χ0n) is 22.1. The summed E-state index contributed by atoms with van der Waals surface area (Å²) in [6.45, 7) is 5.29. The number of nitrogens with one attached hydrogen (secondary N) is 1. The van der Waals surface area contributed by atoms with Gasteiger partial charge in [-0.2, -0.15) is 5.26 Å². The fourth-order valence-corrected chi connectivity index (χ4v) is 6.96. The number of hydrogen-bond donors (Lipinski definition) is 1. The summed E-state index contributed by atoms with van der Waals surface area (Å²) in [5, 5.41) is 14.3. The molecule has 0 atom stereocenters. The summed E-state index contributed by atoms with van der Waals surface area (Å²) in [4.78, 5) is 24.8. The zero-order chi connectivity index (χ0) is 27.4. The monoisotopic (exact) mass is 551 g/mol. The lowest BCUT2D eigenvalue weighted by Gasteiger charge is -2.19. The van der Waals surface area contributed by atoms with Crippen LogP contribution in [0, 0.1) is 11.3 Å². The number of nitriles is 1. The fraction of sp³-hybridized carbons (Fsp3) is 0.194. The highest BCUT2D eigenvalue weighted by molar-refractivity contribution is 8.19. The summed E-state index contributed by atoms with van der Waals surface area (Å²) in [6.07, 6.45) is 0.872. The van der Waals surface area contributed by atoms with Crippen LogP contribution in [0.4, 0.5) is 11.4 Å². The number of aliphatic imine (C=N–C) groups is 1. The molecule has 0 radical (unpaired) electrons. The quantitative estimate of drug-likeness (QED) is 0.309. The Morgan fingerprint density at radius 1 is 0.974 bits per heavy atom. The Morgan fingerprint density at radius 2 is 1.69 bits per heavy atom. The van der Waals surface area contributed by atoms with Crippen molar-refractivity contribution in [1.82, 2.24) is 9.80 Å². The van der Waals surface area contributed by atoms with Gasteiger partial charge in [0.15, 0.2) is 5.17 Å². The van der Waals surface area contributed by atoms with E-state index in [-0.39, 0.29) is 5.91 Å². The van der Waals surface area contributed by atoms with Gasteiger partial charge in [-0.3, -0.25) is 9.69 Å². The number of carbonyl (C=O) groups is 1. The van der Waals surface area contributed by atoms with Crippen molar-refractivity contribution in [2.45, 2.75) is 26.8 Å². The van der Waals surface area contributed by atoms with E-state index in [2.05, 4.69) is 35.3 Å². The smallest absolute Gasteiger partial charge is 0.269 e. The van der Waals surface area contributed by atoms with E-state index >= 15 is 0 Å². The van der Waals surface area contributed by atoms with E-state index in [0.717, 1.165) is 34.0 Å². The van der Waals surface area contributed by atoms with Crippen LogP contribution in [0.2, 0.25) is 0 Å². The molecule has 8 heteroatoms. The summed E-state index contributed by atoms with van der Waals surface area (Å²) >= 11 is 3.06. The van der Waals surface area contributed by atoms with Crippen LogP contribution in [-0.4, -0.2) is 34.5 Å². The van der Waals surface area contributed by atoms with E-state index in [1.54, 1.807) is 28.8 Å². The number of carbonyl (C=O) groups excluding carboxylic acids is 1. The van der Waals surface area contributed by atoms with Gasteiger partial charge in [0.05, 0.1) is 40.3 Å². The van der Waals surface area contributed by atoms with Crippen LogP contribution in [0.15, 0.2) is 98.7 Å². The van der Waals surface area contributed by atoms with Crippen LogP contribution >= 0.6 is 23.5 Å². The predicted octanol–water partition coefficient (Wildman–Crippen LogP) is 7.38. The Morgan fingerprint density at radius 3 is 2.36 bits per heavy atom. The first-order valence-corrected chi connectivity index (χ1v) is 14.5. The summed E-state index contributed by atoms with van der Waals surface area (Å²) in [5.74, 6) is -0.0665. The number of amides is 1. The molecule has 2 aliphatic heterocycles. The topological polar surface area (TPSA) is 71.7 Å². The van der Waals surface area contributed by atoms with E-state index in [9.17, 15) is 10.1 Å². The van der Waals surface area contributed by atoms with Crippen molar-refractivity contribution in [3.8, 4) is 6.07 Å². The minimum absolute atomic E-state index is 0.0665. The maximum absolute atomic E-state index is 14.1. The molecule has 3 aromatic rings. The minimum atomic E-state index is -0.0665. The molecule has 0 saturated carbocycles. The molecule has 2 aliphatic rings. The number of hydrogen-bond acceptors (Lipinski definition) is 7. The Bertz CT molecular complexity index is 1520. The van der Waals surface area contributed by atoms with Crippen LogP contribution in [-0.2, 0) is 11.3 Å². The molecule has 3 aromatic carbocycles. The van der Waals surface area contributed by atoms with Crippen LogP contribution in [0.1, 0.15) is 37.0 Å². The van der Waals surface area contributed by atoms with Crippen LogP contribution < -0.4 is 5.32 Å². The second-order valence-electron chi connectivity index (χ2n) is 9.03. The number of allylic oxidation sites excluding steroid dienone is 1. The van der Waals surface area contributed by atoms with Crippen molar-refractivity contribution in [2.75, 3.05) is 18.9 Å². The van der Waals surface area contributed by atoms with Gasteiger partial charge < -0.3 is 10.2 Å². The number of anilines is 1. The lowest BCUT2D eigenvalue weighted by Crippen LogP contribution is -2.29. The standard InChI is InChI=1S/C31H29N5OS2/c1-4-26-27(23-14-10-7-11-15-23)35(3)30(38-26)28-29(37)36(20-21-12-8-6-9-13-21)31(39-28)34-25-18-22(19-32)16-17-24(25)33-5-2/h6-18,33H,4-5,20H2,1-3H3/b30-28-,34-31?. The van der Waals surface area contributed by atoms with Crippen molar-refractivity contribution in [2.24, 2.45) is 4.99 Å². The zero-order valence-corrected chi connectivity index (χ0v) is 23.8. The third kappa shape index (κ3) is 5.47. The largest absolute Gasteiger partial charge is 0.384 e. The number of nitrogens with zero attached hydrogens (tertiary/aromatic N) is 4. The molecular formula is C31H29N5OS2. The first-order chi connectivity index (χ1) is 19.0. The van der Waals surface area contributed by atoms with Gasteiger partial charge in [0.1, 0.15) is 4.91 Å². The van der Waals surface area contributed by atoms with Gasteiger partial charge in [0, 0.05) is 18.5 Å². The molecular weight excluding hydrogens is 523 g/mol. The molecule has 1 fully saturated rings. The van der Waals surface area contributed by atoms with E-state index in [0.29, 0.717) is 34.4 Å². The average Bonchev–Trinajstić information content (AvgIpc) is 3.46. The fourth-order valence-electron chi connectivity index (χ4n) is 4.57. The summed E-state index contributed by atoms with van der Waals surface area (Å²) in [6, 6.07) is 27.9. The highest BCUT2D eigenvalue weighted by atomic mass is 32.2. The Kier molecular flexibility index (Phi) is 8.10. The maximum Gasteiger partial charge on any atom is 0.269 e. The van der Waals surface area contributed by atoms with Gasteiger partial charge in [-0.05, 0) is 54.4 Å². The third-order valence-corrected chi connectivity index (χ3v) is 9.04. The van der Waals surface area contributed by atoms with Crippen molar-refractivity contribution in [3.63, 3.8) is 0 Å². The molecule has 196 valence electrons. The first-order valence-electron chi connectivity index (χ1n) is 12.9. The van der Waals surface area contributed by atoms with Gasteiger partial charge >= 0.3 is 0 Å². The van der Waals surface area contributed by atoms with Crippen molar-refractivity contribution in [1.29, 1.82) is 5.26 Å². The third-order valence-electron chi connectivity index (χ3n) is 6.44. The lowest BCUT2D eigenvalue weighted by molar-refractivity contribution is -0.122. The molecule has 6 nitrogen and oxygen atoms in total. The molecule has 1 amide bonds. The van der Waals surface area contributed by atoms with E-state index in [4.69, 9.17) is 4.99 Å². The number of rotatable bonds is 7. The summed E-state index contributed by atoms with van der Waals surface area (Å²) in [7, 11) is 2.03. The minimum Gasteiger partial charge on any atom is -0.384 e. The van der Waals surface area contributed by atoms with Crippen LogP contribution in [0.3, 0.4) is 0 Å². The van der Waals surface area contributed by atoms with Gasteiger partial charge in [0.25, 0.3) is 5.91 Å². The number of amidine groups is 1. The highest BCUT2D eigenvalue weighted by Crippen LogP contribution is 2.51. The Hall–Kier alpha value is -3.93. The van der Waals surface area contributed by atoms with Gasteiger partial charge in [-0.25, -0.2) is 4.99 Å². The number of thioether (sulfide) groups is 2. The van der Waals surface area contributed by atoms with E-state index in [1.807, 2.05) is 68.6 Å². The second-order valence-corrected chi connectivity index (χ2v) is 11.1. The van der Waals surface area contributed by atoms with E-state index < -0.39 is 0 Å². The van der Waals surface area contributed by atoms with E-state index in [1.165, 1.54) is 16.7 Å². The molecule has 0 aromatic heterocycles. The van der Waals surface area contributed by atoms with Gasteiger partial charge in [-0.1, -0.05) is 79.3 Å². The highest BCUT2D eigenvalue weighted by Gasteiger charge is 2.40. The normalized spacial score (nSPS) is 18.3. The number of benzene rings is 3. The molecule has 0 spiro atoms. The molecule has 1 N–H and O–H groups in total. The SMILES string of the molecule is CCNc1ccc(C#N)cc1N=C1S/C(=C2\SC(CC)=C(c3ccccc3)N2C)C(=O)N1Cc1ccccc1. The molecule has 2 heterocycles. The molecule has 5 rings (SSSR count). The Labute approximate surface area is 238 Å². The van der Waals surface area contributed by atoms with Gasteiger partial charge in [-0.15, -0.1) is 0 Å². The average molecular weight is 552 g/mol. The lowest BCUT2D eigenvalue weighted by atomic mass is 10.1. The van der Waals surface area contributed by atoms with Gasteiger partial charge in [0.2, 0.25) is 0 Å². The van der Waals surface area contributed by atoms with Crippen LogP contribution in [0.5, 0.6) is 0 Å². The summed E-state index contributed by atoms with van der Waals surface area (Å²) < 4.78 is 0. The predicted molar refractivity (Wildman–Crippen MR) is 163 cm³/mol. The molecule has 0 bridgehead atoms. The molecule has 1 saturated heterocycles. The molecule has 0 unspecified atom stereocenters. The maximum atomic E-state index is 14.1. The van der Waals surface area contributed by atoms with Crippen molar-refractivity contribution in [3.05, 3.63) is 110 Å². The second kappa shape index (κ2) is 11.9. The Balaban J connectivity index is 1.59. The van der Waals surface area contributed by atoms with Crippen LogP contribution in [0.25, 0.3) is 5.70 Å². The first kappa shape index (κ1) is 26.7. The molecule has 0 aliphatic carbocycles. The molecule has 39 heavy (non-hydrogen) atoms. The van der Waals surface area contributed by atoms with Crippen molar-refractivity contribution < 1.29 is 4.79 Å². The van der Waals surface area contributed by atoms with Crippen molar-refractivity contribution >= 4 is 51.7 Å². The summed E-state index contributed by atoms with van der Waals surface area (Å²) in [5.41, 5.74) is 5.28.